The molecule has 58 valence electrons. The van der Waals surface area contributed by atoms with Gasteiger partial charge in [-0.15, -0.1) is 0 Å². The molecule has 0 radical (unpaired) electrons. The predicted molar refractivity (Wildman–Crippen MR) is 36.9 cm³/mol. The van der Waals surface area contributed by atoms with E-state index < -0.39 is 5.97 Å². The van der Waals surface area contributed by atoms with Crippen LogP contribution in [-0.2, 0) is 9.63 Å². The van der Waals surface area contributed by atoms with Gasteiger partial charge in [0.15, 0.2) is 6.21 Å². The lowest BCUT2D eigenvalue weighted by Gasteiger charge is -1.99. The number of rotatable bonds is 4. The topological polar surface area (TPSA) is 58.9 Å². The Morgan fingerprint density at radius 3 is 2.80 bits per heavy atom. The standard InChI is InChI=1S/C6H11NO3/c1-5(2)4-10-7-3-6(8)9/h3,5H,4H2,1-2H3,(H,8,9). The van der Waals surface area contributed by atoms with E-state index in [1.807, 2.05) is 13.8 Å². The molecule has 0 saturated heterocycles. The third kappa shape index (κ3) is 6.94. The van der Waals surface area contributed by atoms with Crippen molar-refractivity contribution in [1.29, 1.82) is 0 Å². The van der Waals surface area contributed by atoms with Gasteiger partial charge in [-0.3, -0.25) is 0 Å². The molecule has 0 heterocycles. The normalized spacial score (nSPS) is 10.7. The Kier molecular flexibility index (Phi) is 4.28. The number of carbonyl (C=O) groups is 1. The summed E-state index contributed by atoms with van der Waals surface area (Å²) in [7, 11) is 0. The van der Waals surface area contributed by atoms with E-state index in [1.165, 1.54) is 0 Å². The summed E-state index contributed by atoms with van der Waals surface area (Å²) in [4.78, 5) is 14.4. The first kappa shape index (κ1) is 8.94. The summed E-state index contributed by atoms with van der Waals surface area (Å²) in [5.74, 6) is -0.727. The molecule has 1 N–H and O–H groups in total. The molecule has 0 aliphatic heterocycles. The molecule has 0 aliphatic rings. The van der Waals surface area contributed by atoms with Gasteiger partial charge in [-0.25, -0.2) is 4.79 Å². The minimum absolute atomic E-state index is 0.367. The first-order valence-corrected chi connectivity index (χ1v) is 3.01. The predicted octanol–water partition coefficient (Wildman–Crippen LogP) is 0.729. The molecule has 0 unspecified atom stereocenters. The van der Waals surface area contributed by atoms with E-state index in [4.69, 9.17) is 5.11 Å². The van der Waals surface area contributed by atoms with Crippen LogP contribution in [0.4, 0.5) is 0 Å². The van der Waals surface area contributed by atoms with Crippen molar-refractivity contribution in [2.75, 3.05) is 6.61 Å². The van der Waals surface area contributed by atoms with Gasteiger partial charge < -0.3 is 9.94 Å². The summed E-state index contributed by atoms with van der Waals surface area (Å²) < 4.78 is 0. The molecular formula is C6H11NO3. The summed E-state index contributed by atoms with van der Waals surface area (Å²) in [6.07, 6.45) is 0.725. The van der Waals surface area contributed by atoms with E-state index in [-0.39, 0.29) is 0 Å². The second-order valence-electron chi connectivity index (χ2n) is 2.26. The summed E-state index contributed by atoms with van der Waals surface area (Å²) in [5, 5.41) is 11.2. The van der Waals surface area contributed by atoms with Crippen LogP contribution >= 0.6 is 0 Å². The lowest BCUT2D eigenvalue weighted by atomic mass is 10.2. The molecular weight excluding hydrogens is 134 g/mol. The van der Waals surface area contributed by atoms with E-state index in [0.29, 0.717) is 12.5 Å². The van der Waals surface area contributed by atoms with Crippen LogP contribution in [-0.4, -0.2) is 23.9 Å². The van der Waals surface area contributed by atoms with Crippen LogP contribution in [0.2, 0.25) is 0 Å². The van der Waals surface area contributed by atoms with Crippen LogP contribution in [0, 0.1) is 5.92 Å². The van der Waals surface area contributed by atoms with Crippen molar-refractivity contribution in [3.63, 3.8) is 0 Å². The molecule has 0 spiro atoms. The maximum Gasteiger partial charge on any atom is 0.350 e. The minimum atomic E-state index is -1.09. The fraction of sp³-hybridized carbons (Fsp3) is 0.667. The van der Waals surface area contributed by atoms with Crippen LogP contribution in [0.5, 0.6) is 0 Å². The van der Waals surface area contributed by atoms with Crippen molar-refractivity contribution in [3.8, 4) is 0 Å². The maximum atomic E-state index is 9.81. The average molecular weight is 145 g/mol. The molecule has 0 fully saturated rings. The van der Waals surface area contributed by atoms with Gasteiger partial charge in [0.05, 0.1) is 0 Å². The fourth-order valence-corrected chi connectivity index (χ4v) is 0.274. The van der Waals surface area contributed by atoms with Crippen LogP contribution in [0.25, 0.3) is 0 Å². The molecule has 0 aromatic heterocycles. The second-order valence-corrected chi connectivity index (χ2v) is 2.26. The van der Waals surface area contributed by atoms with E-state index in [2.05, 4.69) is 9.99 Å². The monoisotopic (exact) mass is 145 g/mol. The number of carboxylic acids is 1. The Morgan fingerprint density at radius 2 is 2.40 bits per heavy atom. The molecule has 0 bridgehead atoms. The molecule has 0 amide bonds. The van der Waals surface area contributed by atoms with Gasteiger partial charge in [0, 0.05) is 0 Å². The number of hydrogen-bond acceptors (Lipinski definition) is 3. The highest BCUT2D eigenvalue weighted by atomic mass is 16.6. The van der Waals surface area contributed by atoms with Gasteiger partial charge in [-0.2, -0.15) is 0 Å². The Morgan fingerprint density at radius 1 is 1.80 bits per heavy atom. The van der Waals surface area contributed by atoms with Gasteiger partial charge in [0.25, 0.3) is 0 Å². The zero-order chi connectivity index (χ0) is 7.98. The molecule has 0 saturated carbocycles. The summed E-state index contributed by atoms with van der Waals surface area (Å²) in [6.45, 7) is 4.36. The smallest absolute Gasteiger partial charge is 0.350 e. The molecule has 0 aromatic carbocycles. The number of oxime groups is 1. The van der Waals surface area contributed by atoms with E-state index in [1.54, 1.807) is 0 Å². The Hall–Kier alpha value is -1.06. The molecule has 0 aliphatic carbocycles. The maximum absolute atomic E-state index is 9.81. The third-order valence-corrected chi connectivity index (χ3v) is 0.646. The first-order valence-electron chi connectivity index (χ1n) is 3.01. The van der Waals surface area contributed by atoms with E-state index in [9.17, 15) is 4.79 Å². The van der Waals surface area contributed by atoms with Crippen molar-refractivity contribution in [2.45, 2.75) is 13.8 Å². The van der Waals surface area contributed by atoms with Crippen molar-refractivity contribution in [1.82, 2.24) is 0 Å². The Balaban J connectivity index is 3.27. The number of carboxylic acid groups (broad SMARTS) is 1. The third-order valence-electron chi connectivity index (χ3n) is 0.646. The zero-order valence-corrected chi connectivity index (χ0v) is 6.07. The summed E-state index contributed by atoms with van der Waals surface area (Å²) in [5.41, 5.74) is 0. The van der Waals surface area contributed by atoms with Crippen molar-refractivity contribution in [3.05, 3.63) is 0 Å². The van der Waals surface area contributed by atoms with Gasteiger partial charge in [0.1, 0.15) is 6.61 Å². The van der Waals surface area contributed by atoms with Gasteiger partial charge in [0.2, 0.25) is 0 Å². The molecule has 0 atom stereocenters. The van der Waals surface area contributed by atoms with Gasteiger partial charge >= 0.3 is 5.97 Å². The van der Waals surface area contributed by atoms with Crippen molar-refractivity contribution < 1.29 is 14.7 Å². The molecule has 0 rings (SSSR count). The number of hydrogen-bond donors (Lipinski definition) is 1. The SMILES string of the molecule is CC(C)CON=CC(=O)O. The molecule has 4 heteroatoms. The van der Waals surface area contributed by atoms with Gasteiger partial charge in [-0.05, 0) is 5.92 Å². The van der Waals surface area contributed by atoms with Crippen LogP contribution in [0.1, 0.15) is 13.8 Å². The lowest BCUT2D eigenvalue weighted by Crippen LogP contribution is -2.00. The first-order chi connectivity index (χ1) is 4.63. The highest BCUT2D eigenvalue weighted by Gasteiger charge is 1.91. The molecule has 0 aromatic rings. The number of aliphatic carboxylic acids is 1. The number of nitrogens with zero attached hydrogens (tertiary/aromatic N) is 1. The van der Waals surface area contributed by atoms with Crippen molar-refractivity contribution >= 4 is 12.2 Å². The van der Waals surface area contributed by atoms with Crippen LogP contribution in [0.15, 0.2) is 5.16 Å². The fourth-order valence-electron chi connectivity index (χ4n) is 0.274. The quantitative estimate of drug-likeness (QED) is 0.468. The molecule has 10 heavy (non-hydrogen) atoms. The largest absolute Gasteiger partial charge is 0.477 e. The zero-order valence-electron chi connectivity index (χ0n) is 6.07. The summed E-state index contributed by atoms with van der Waals surface area (Å²) in [6, 6.07) is 0. The minimum Gasteiger partial charge on any atom is -0.477 e. The van der Waals surface area contributed by atoms with Gasteiger partial charge in [-0.1, -0.05) is 19.0 Å². The Bertz CT molecular complexity index is 131. The summed E-state index contributed by atoms with van der Waals surface area (Å²) >= 11 is 0. The highest BCUT2D eigenvalue weighted by molar-refractivity contribution is 6.21. The molecule has 4 nitrogen and oxygen atoms in total. The van der Waals surface area contributed by atoms with E-state index >= 15 is 0 Å². The average Bonchev–Trinajstić information content (AvgIpc) is 1.79. The Labute approximate surface area is 59.5 Å². The van der Waals surface area contributed by atoms with Crippen LogP contribution in [0.3, 0.4) is 0 Å². The lowest BCUT2D eigenvalue weighted by molar-refractivity contribution is -0.129. The van der Waals surface area contributed by atoms with Crippen LogP contribution < -0.4 is 0 Å². The second kappa shape index (κ2) is 4.78. The highest BCUT2D eigenvalue weighted by Crippen LogP contribution is 1.91. The van der Waals surface area contributed by atoms with Crippen molar-refractivity contribution in [2.24, 2.45) is 11.1 Å². The van der Waals surface area contributed by atoms with E-state index in [0.717, 1.165) is 6.21 Å².